The molecule has 1 unspecified atom stereocenters. The summed E-state index contributed by atoms with van der Waals surface area (Å²) in [5.41, 5.74) is 2.55. The standard InChI is InChI=1S/C17H19ClFNO/c1-4-20-17(13-6-5-7-14(18)16(13)19)12-8-9-15(21-3)11(2)10-12/h5-10,17,20H,4H2,1-3H3. The van der Waals surface area contributed by atoms with Crippen molar-refractivity contribution in [3.63, 3.8) is 0 Å². The first kappa shape index (κ1) is 15.8. The van der Waals surface area contributed by atoms with Gasteiger partial charge in [0.05, 0.1) is 18.2 Å². The molecule has 0 radical (unpaired) electrons. The normalized spacial score (nSPS) is 12.2. The molecule has 0 aliphatic carbocycles. The van der Waals surface area contributed by atoms with Crippen molar-refractivity contribution in [2.75, 3.05) is 13.7 Å². The highest BCUT2D eigenvalue weighted by atomic mass is 35.5. The van der Waals surface area contributed by atoms with E-state index in [9.17, 15) is 4.39 Å². The van der Waals surface area contributed by atoms with E-state index >= 15 is 0 Å². The van der Waals surface area contributed by atoms with Gasteiger partial charge in [0, 0.05) is 5.56 Å². The maximum absolute atomic E-state index is 14.3. The molecule has 4 heteroatoms. The molecular formula is C17H19ClFNO. The second kappa shape index (κ2) is 6.92. The third kappa shape index (κ3) is 3.36. The zero-order valence-electron chi connectivity index (χ0n) is 12.4. The van der Waals surface area contributed by atoms with Crippen LogP contribution in [-0.4, -0.2) is 13.7 Å². The first-order valence-corrected chi connectivity index (χ1v) is 7.28. The van der Waals surface area contributed by atoms with Gasteiger partial charge in [0.25, 0.3) is 0 Å². The molecule has 0 heterocycles. The van der Waals surface area contributed by atoms with Gasteiger partial charge in [-0.3, -0.25) is 0 Å². The number of hydrogen-bond donors (Lipinski definition) is 1. The molecule has 0 amide bonds. The number of methoxy groups -OCH3 is 1. The average Bonchev–Trinajstić information content (AvgIpc) is 2.48. The van der Waals surface area contributed by atoms with Crippen LogP contribution in [0.1, 0.15) is 29.7 Å². The van der Waals surface area contributed by atoms with Crippen LogP contribution >= 0.6 is 11.6 Å². The molecule has 2 nitrogen and oxygen atoms in total. The zero-order chi connectivity index (χ0) is 15.4. The summed E-state index contributed by atoms with van der Waals surface area (Å²) in [7, 11) is 1.64. The maximum Gasteiger partial charge on any atom is 0.146 e. The van der Waals surface area contributed by atoms with Crippen molar-refractivity contribution >= 4 is 11.6 Å². The number of benzene rings is 2. The fourth-order valence-electron chi connectivity index (χ4n) is 2.44. The smallest absolute Gasteiger partial charge is 0.146 e. The Labute approximate surface area is 129 Å². The van der Waals surface area contributed by atoms with Crippen molar-refractivity contribution in [2.24, 2.45) is 0 Å². The first-order valence-electron chi connectivity index (χ1n) is 6.90. The Morgan fingerprint density at radius 1 is 1.29 bits per heavy atom. The molecule has 112 valence electrons. The Morgan fingerprint density at radius 2 is 2.05 bits per heavy atom. The second-order valence-electron chi connectivity index (χ2n) is 4.86. The van der Waals surface area contributed by atoms with E-state index in [0.29, 0.717) is 5.56 Å². The average molecular weight is 308 g/mol. The third-order valence-electron chi connectivity index (χ3n) is 3.45. The minimum atomic E-state index is -0.376. The van der Waals surface area contributed by atoms with Gasteiger partial charge in [-0.1, -0.05) is 42.8 Å². The lowest BCUT2D eigenvalue weighted by molar-refractivity contribution is 0.411. The van der Waals surface area contributed by atoms with Crippen molar-refractivity contribution in [1.29, 1.82) is 0 Å². The predicted molar refractivity (Wildman–Crippen MR) is 84.7 cm³/mol. The van der Waals surface area contributed by atoms with E-state index < -0.39 is 0 Å². The Balaban J connectivity index is 2.48. The summed E-state index contributed by atoms with van der Waals surface area (Å²) in [5.74, 6) is 0.444. The molecule has 0 aliphatic rings. The Bertz CT molecular complexity index is 630. The number of ether oxygens (including phenoxy) is 1. The quantitative estimate of drug-likeness (QED) is 0.878. The fourth-order valence-corrected chi connectivity index (χ4v) is 2.62. The summed E-state index contributed by atoms with van der Waals surface area (Å²) in [6.07, 6.45) is 0. The SMILES string of the molecule is CCNC(c1ccc(OC)c(C)c1)c1cccc(Cl)c1F. The molecule has 0 aromatic heterocycles. The summed E-state index contributed by atoms with van der Waals surface area (Å²) in [5, 5.41) is 3.45. The highest BCUT2D eigenvalue weighted by Crippen LogP contribution is 2.30. The molecule has 0 fully saturated rings. The van der Waals surface area contributed by atoms with Crippen LogP contribution in [0.4, 0.5) is 4.39 Å². The van der Waals surface area contributed by atoms with E-state index in [2.05, 4.69) is 5.32 Å². The summed E-state index contributed by atoms with van der Waals surface area (Å²) < 4.78 is 19.6. The van der Waals surface area contributed by atoms with Gasteiger partial charge in [-0.2, -0.15) is 0 Å². The van der Waals surface area contributed by atoms with E-state index in [1.165, 1.54) is 0 Å². The summed E-state index contributed by atoms with van der Waals surface area (Å²) in [6, 6.07) is 10.7. The molecular weight excluding hydrogens is 289 g/mol. The molecule has 0 spiro atoms. The van der Waals surface area contributed by atoms with Crippen molar-refractivity contribution in [2.45, 2.75) is 19.9 Å². The topological polar surface area (TPSA) is 21.3 Å². The van der Waals surface area contributed by atoms with Crippen LogP contribution in [0.2, 0.25) is 5.02 Å². The van der Waals surface area contributed by atoms with E-state index in [1.807, 2.05) is 32.0 Å². The van der Waals surface area contributed by atoms with Crippen LogP contribution in [0.15, 0.2) is 36.4 Å². The number of rotatable bonds is 5. The van der Waals surface area contributed by atoms with Crippen LogP contribution in [-0.2, 0) is 0 Å². The molecule has 2 rings (SSSR count). The molecule has 0 bridgehead atoms. The van der Waals surface area contributed by atoms with Gasteiger partial charge in [-0.05, 0) is 36.7 Å². The number of halogens is 2. The second-order valence-corrected chi connectivity index (χ2v) is 5.27. The van der Waals surface area contributed by atoms with Crippen LogP contribution in [0.5, 0.6) is 5.75 Å². The van der Waals surface area contributed by atoms with Gasteiger partial charge in [0.15, 0.2) is 0 Å². The fraction of sp³-hybridized carbons (Fsp3) is 0.294. The van der Waals surface area contributed by atoms with Crippen LogP contribution in [0.25, 0.3) is 0 Å². The van der Waals surface area contributed by atoms with Gasteiger partial charge < -0.3 is 10.1 Å². The summed E-state index contributed by atoms with van der Waals surface area (Å²) >= 11 is 5.90. The van der Waals surface area contributed by atoms with Crippen molar-refractivity contribution < 1.29 is 9.13 Å². The molecule has 21 heavy (non-hydrogen) atoms. The van der Waals surface area contributed by atoms with Gasteiger partial charge in [-0.15, -0.1) is 0 Å². The van der Waals surface area contributed by atoms with Crippen molar-refractivity contribution in [3.05, 3.63) is 63.9 Å². The van der Waals surface area contributed by atoms with E-state index in [0.717, 1.165) is 23.4 Å². The predicted octanol–water partition coefficient (Wildman–Crippen LogP) is 4.50. The highest BCUT2D eigenvalue weighted by Gasteiger charge is 2.19. The van der Waals surface area contributed by atoms with Gasteiger partial charge >= 0.3 is 0 Å². The van der Waals surface area contributed by atoms with E-state index in [4.69, 9.17) is 16.3 Å². The molecule has 0 saturated heterocycles. The zero-order valence-corrected chi connectivity index (χ0v) is 13.2. The van der Waals surface area contributed by atoms with E-state index in [1.54, 1.807) is 25.3 Å². The summed E-state index contributed by atoms with van der Waals surface area (Å²) in [6.45, 7) is 4.69. The van der Waals surface area contributed by atoms with Crippen molar-refractivity contribution in [3.8, 4) is 5.75 Å². The summed E-state index contributed by atoms with van der Waals surface area (Å²) in [4.78, 5) is 0. The largest absolute Gasteiger partial charge is 0.496 e. The number of aryl methyl sites for hydroxylation is 1. The molecule has 2 aromatic carbocycles. The third-order valence-corrected chi connectivity index (χ3v) is 3.74. The lowest BCUT2D eigenvalue weighted by atomic mass is 9.96. The van der Waals surface area contributed by atoms with Crippen molar-refractivity contribution in [1.82, 2.24) is 5.32 Å². The minimum absolute atomic E-state index is 0.139. The van der Waals surface area contributed by atoms with Crippen LogP contribution in [0.3, 0.4) is 0 Å². The van der Waals surface area contributed by atoms with Crippen LogP contribution < -0.4 is 10.1 Å². The van der Waals surface area contributed by atoms with Gasteiger partial charge in [-0.25, -0.2) is 4.39 Å². The molecule has 1 atom stereocenters. The first-order chi connectivity index (χ1) is 10.1. The monoisotopic (exact) mass is 307 g/mol. The number of hydrogen-bond acceptors (Lipinski definition) is 2. The van der Waals surface area contributed by atoms with Crippen LogP contribution in [0, 0.1) is 12.7 Å². The minimum Gasteiger partial charge on any atom is -0.496 e. The Morgan fingerprint density at radius 3 is 2.67 bits per heavy atom. The Kier molecular flexibility index (Phi) is 5.21. The lowest BCUT2D eigenvalue weighted by Gasteiger charge is -2.21. The molecule has 2 aromatic rings. The molecule has 0 saturated carbocycles. The van der Waals surface area contributed by atoms with Gasteiger partial charge in [0.2, 0.25) is 0 Å². The van der Waals surface area contributed by atoms with E-state index in [-0.39, 0.29) is 16.9 Å². The molecule has 0 aliphatic heterocycles. The molecule has 1 N–H and O–H groups in total. The Hall–Kier alpha value is -1.58. The number of nitrogens with one attached hydrogen (secondary N) is 1. The highest BCUT2D eigenvalue weighted by molar-refractivity contribution is 6.30. The van der Waals surface area contributed by atoms with Gasteiger partial charge in [0.1, 0.15) is 11.6 Å². The maximum atomic E-state index is 14.3. The lowest BCUT2D eigenvalue weighted by Crippen LogP contribution is -2.23.